The van der Waals surface area contributed by atoms with Crippen molar-refractivity contribution in [2.45, 2.75) is 75.8 Å². The van der Waals surface area contributed by atoms with Gasteiger partial charge in [0, 0.05) is 62.8 Å². The molecular formula is C39H38Cl4F12N8O3. The summed E-state index contributed by atoms with van der Waals surface area (Å²) in [6.45, 7) is -4.00. The van der Waals surface area contributed by atoms with E-state index in [4.69, 9.17) is 55.9 Å². The van der Waals surface area contributed by atoms with E-state index in [1.165, 1.54) is 60.4 Å². The third kappa shape index (κ3) is 10.6. The van der Waals surface area contributed by atoms with Crippen molar-refractivity contribution in [3.8, 4) is 11.5 Å². The summed E-state index contributed by atoms with van der Waals surface area (Å²) in [6, 6.07) is -1.60. The Labute approximate surface area is 388 Å². The Hall–Kier alpha value is -4.03. The van der Waals surface area contributed by atoms with Crippen LogP contribution in [0.25, 0.3) is 0 Å². The molecule has 4 heterocycles. The number of hydrogen-bond donors (Lipinski definition) is 0. The zero-order valence-electron chi connectivity index (χ0n) is 34.8. The monoisotopic (exact) mass is 1030 g/mol. The fraction of sp³-hybridized carbons (Fsp3) is 0.513. The molecular weight excluding hydrogens is 998 g/mol. The molecule has 4 atom stereocenters. The lowest BCUT2D eigenvalue weighted by atomic mass is 9.95. The molecule has 0 N–H and O–H groups in total. The Kier molecular flexibility index (Phi) is 14.9. The molecule has 4 unspecified atom stereocenters. The molecule has 4 aromatic rings. The van der Waals surface area contributed by atoms with Crippen LogP contribution in [0.4, 0.5) is 64.1 Å². The molecule has 0 spiro atoms. The van der Waals surface area contributed by atoms with Crippen LogP contribution < -0.4 is 19.3 Å². The molecule has 2 aromatic carbocycles. The number of Topliss-reactive ketones (excluding diaryl/α,β-unsaturated/α-hetero) is 1. The summed E-state index contributed by atoms with van der Waals surface area (Å²) in [5.74, 6) is -1.25. The van der Waals surface area contributed by atoms with Crippen molar-refractivity contribution in [2.75, 3.05) is 63.3 Å². The Morgan fingerprint density at radius 1 is 0.621 bits per heavy atom. The van der Waals surface area contributed by atoms with Crippen molar-refractivity contribution in [3.63, 3.8) is 0 Å². The summed E-state index contributed by atoms with van der Waals surface area (Å²) in [5.41, 5.74) is -3.87. The predicted molar refractivity (Wildman–Crippen MR) is 220 cm³/mol. The van der Waals surface area contributed by atoms with Crippen LogP contribution in [0.5, 0.6) is 11.5 Å². The summed E-state index contributed by atoms with van der Waals surface area (Å²) in [7, 11) is 2.53. The van der Waals surface area contributed by atoms with E-state index >= 15 is 31.1 Å². The predicted octanol–water partition coefficient (Wildman–Crippen LogP) is 9.88. The molecule has 0 amide bonds. The SMILES string of the molecule is COc1cc(N2CCN(C(Cn3nc(C(F)(F)F)c(Cl)c3C)C(=O)C(Cn3nc(C(F)(F)F)c(Cl)c3C)N3CCN(c4ccc(Cl)c(OC)c4)CC3C(F)(F)F)C(C(F)(F)F)C2)ccc1Cl. The van der Waals surface area contributed by atoms with Gasteiger partial charge < -0.3 is 19.3 Å². The molecule has 11 nitrogen and oxygen atoms in total. The lowest BCUT2D eigenvalue weighted by molar-refractivity contribution is -0.198. The zero-order chi connectivity index (χ0) is 49.0. The maximum Gasteiger partial charge on any atom is 0.436 e. The van der Waals surface area contributed by atoms with Crippen LogP contribution in [-0.2, 0) is 30.2 Å². The number of methoxy groups -OCH3 is 2. The molecule has 27 heteroatoms. The summed E-state index contributed by atoms with van der Waals surface area (Å²) in [4.78, 5) is 19.2. The van der Waals surface area contributed by atoms with Crippen LogP contribution >= 0.6 is 46.4 Å². The molecule has 0 bridgehead atoms. The van der Waals surface area contributed by atoms with Gasteiger partial charge in [-0.3, -0.25) is 24.0 Å². The van der Waals surface area contributed by atoms with E-state index in [9.17, 15) is 26.3 Å². The minimum Gasteiger partial charge on any atom is -0.495 e. The van der Waals surface area contributed by atoms with Crippen LogP contribution in [0.1, 0.15) is 22.8 Å². The Balaban J connectivity index is 1.51. The first-order chi connectivity index (χ1) is 30.6. The van der Waals surface area contributed by atoms with Crippen molar-refractivity contribution < 1.29 is 67.0 Å². The van der Waals surface area contributed by atoms with Gasteiger partial charge >= 0.3 is 24.7 Å². The summed E-state index contributed by atoms with van der Waals surface area (Å²) >= 11 is 24.3. The van der Waals surface area contributed by atoms with Crippen LogP contribution in [-0.4, -0.2) is 125 Å². The molecule has 2 aliphatic heterocycles. The molecule has 6 rings (SSSR count). The maximum absolute atomic E-state index is 15.4. The summed E-state index contributed by atoms with van der Waals surface area (Å²) in [6.07, 6.45) is -20.8. The number of ether oxygens (including phenoxy) is 2. The Morgan fingerprint density at radius 2 is 0.970 bits per heavy atom. The quantitative estimate of drug-likeness (QED) is 0.129. The van der Waals surface area contributed by atoms with Gasteiger partial charge in [0.2, 0.25) is 0 Å². The van der Waals surface area contributed by atoms with Crippen molar-refractivity contribution in [1.82, 2.24) is 29.4 Å². The number of rotatable bonds is 12. The highest BCUT2D eigenvalue weighted by atomic mass is 35.5. The number of carbonyl (C=O) groups excluding carboxylic acids is 1. The van der Waals surface area contributed by atoms with Gasteiger partial charge in [-0.25, -0.2) is 0 Å². The number of benzene rings is 2. The van der Waals surface area contributed by atoms with Gasteiger partial charge in [0.25, 0.3) is 0 Å². The number of halogens is 16. The second-order valence-electron chi connectivity index (χ2n) is 15.4. The normalized spacial score (nSPS) is 19.3. The molecule has 364 valence electrons. The number of carbonyl (C=O) groups is 1. The molecule has 2 aromatic heterocycles. The standard InChI is InChI=1S/C39H38Cl4F12N8O3/c1-19-31(42)34(38(50,51)52)56-62(19)15-25(60-11-9-58(17-29(60)36(44,45)46)21-5-7-23(40)27(13-21)65-3)33(64)26(16-63-20(2)32(43)35(57-63)39(53,54)55)61-12-10-59(18-30(61)37(47,48)49)22-6-8-24(41)28(14-22)66-4/h5-8,13-14,25-26,29-30H,9-12,15-18H2,1-4H3. The number of aromatic nitrogens is 4. The number of piperazine rings is 2. The van der Waals surface area contributed by atoms with Crippen LogP contribution in [0.15, 0.2) is 36.4 Å². The third-order valence-electron chi connectivity index (χ3n) is 11.6. The highest BCUT2D eigenvalue weighted by Gasteiger charge is 2.55. The van der Waals surface area contributed by atoms with E-state index in [0.717, 1.165) is 13.8 Å². The fourth-order valence-corrected chi connectivity index (χ4v) is 8.99. The number of nitrogens with zero attached hydrogens (tertiary/aromatic N) is 8. The number of anilines is 2. The van der Waals surface area contributed by atoms with E-state index in [-0.39, 0.29) is 46.0 Å². The summed E-state index contributed by atoms with van der Waals surface area (Å²) in [5, 5.41) is 5.29. The summed E-state index contributed by atoms with van der Waals surface area (Å²) < 4.78 is 189. The van der Waals surface area contributed by atoms with E-state index in [1.807, 2.05) is 0 Å². The van der Waals surface area contributed by atoms with E-state index in [0.29, 0.717) is 19.2 Å². The lowest BCUT2D eigenvalue weighted by Gasteiger charge is -2.49. The van der Waals surface area contributed by atoms with Crippen LogP contribution in [0.2, 0.25) is 20.1 Å². The third-order valence-corrected chi connectivity index (χ3v) is 13.1. The second kappa shape index (κ2) is 19.2. The maximum atomic E-state index is 15.4. The number of alkyl halides is 12. The van der Waals surface area contributed by atoms with Gasteiger partial charge in [-0.1, -0.05) is 46.4 Å². The lowest BCUT2D eigenvalue weighted by Crippen LogP contribution is -2.68. The molecule has 2 saturated heterocycles. The topological polar surface area (TPSA) is 84.1 Å². The van der Waals surface area contributed by atoms with E-state index < -0.39 is 127 Å². The molecule has 2 fully saturated rings. The fourth-order valence-electron chi connectivity index (χ4n) is 8.11. The number of ketones is 1. The molecule has 2 aliphatic rings. The molecule has 0 saturated carbocycles. The van der Waals surface area contributed by atoms with Gasteiger partial charge in [-0.15, -0.1) is 0 Å². The van der Waals surface area contributed by atoms with Gasteiger partial charge in [0.05, 0.1) is 70.9 Å². The van der Waals surface area contributed by atoms with Gasteiger partial charge in [0.15, 0.2) is 17.2 Å². The zero-order valence-corrected chi connectivity index (χ0v) is 37.8. The minimum atomic E-state index is -5.22. The highest BCUT2D eigenvalue weighted by Crippen LogP contribution is 2.41. The van der Waals surface area contributed by atoms with E-state index in [2.05, 4.69) is 10.2 Å². The first kappa shape index (κ1) is 51.4. The smallest absolute Gasteiger partial charge is 0.436 e. The minimum absolute atomic E-state index is 0.0970. The van der Waals surface area contributed by atoms with Gasteiger partial charge in [-0.2, -0.15) is 62.9 Å². The Morgan fingerprint density at radius 3 is 1.26 bits per heavy atom. The average Bonchev–Trinajstić information content (AvgIpc) is 3.70. The first-order valence-electron chi connectivity index (χ1n) is 19.5. The molecule has 0 aliphatic carbocycles. The van der Waals surface area contributed by atoms with E-state index in [1.54, 1.807) is 0 Å². The highest BCUT2D eigenvalue weighted by molar-refractivity contribution is 6.33. The first-order valence-corrected chi connectivity index (χ1v) is 21.0. The largest absolute Gasteiger partial charge is 0.495 e. The van der Waals surface area contributed by atoms with Crippen molar-refractivity contribution in [3.05, 3.63) is 79.3 Å². The Bertz CT molecular complexity index is 2250. The van der Waals surface area contributed by atoms with Crippen molar-refractivity contribution >= 4 is 63.6 Å². The molecule has 66 heavy (non-hydrogen) atoms. The second-order valence-corrected chi connectivity index (χ2v) is 17.0. The van der Waals surface area contributed by atoms with Gasteiger partial charge in [0.1, 0.15) is 23.6 Å². The van der Waals surface area contributed by atoms with Gasteiger partial charge in [-0.05, 0) is 38.1 Å². The number of hydrogen-bond acceptors (Lipinski definition) is 9. The van der Waals surface area contributed by atoms with Crippen molar-refractivity contribution in [2.24, 2.45) is 0 Å². The van der Waals surface area contributed by atoms with Crippen molar-refractivity contribution in [1.29, 1.82) is 0 Å². The molecule has 0 radical (unpaired) electrons. The van der Waals surface area contributed by atoms with Crippen LogP contribution in [0.3, 0.4) is 0 Å². The average molecular weight is 1040 g/mol. The van der Waals surface area contributed by atoms with Crippen LogP contribution in [0, 0.1) is 13.8 Å².